The lowest BCUT2D eigenvalue weighted by atomic mass is 9.95. The molecule has 1 aliphatic carbocycles. The summed E-state index contributed by atoms with van der Waals surface area (Å²) in [6.07, 6.45) is 8.59. The third kappa shape index (κ3) is 2.75. The first-order valence-electron chi connectivity index (χ1n) is 6.90. The van der Waals surface area contributed by atoms with Crippen molar-refractivity contribution >= 4 is 0 Å². The lowest BCUT2D eigenvalue weighted by molar-refractivity contribution is 0.164. The zero-order chi connectivity index (χ0) is 12.2. The second kappa shape index (κ2) is 5.57. The number of ether oxygens (including phenoxy) is 2. The Morgan fingerprint density at radius 2 is 2.00 bits per heavy atom. The molecule has 0 saturated heterocycles. The first-order chi connectivity index (χ1) is 8.92. The van der Waals surface area contributed by atoms with Crippen LogP contribution in [0.4, 0.5) is 0 Å². The minimum absolute atomic E-state index is 0.597. The molecule has 0 bridgehead atoms. The third-order valence-corrected chi connectivity index (χ3v) is 3.65. The van der Waals surface area contributed by atoms with Crippen LogP contribution in [0.25, 0.3) is 0 Å². The SMILES string of the molecule is c1nc2c(cc1CNC1CCCCC1)OCCO2. The number of hydrogen-bond donors (Lipinski definition) is 1. The van der Waals surface area contributed by atoms with Crippen LogP contribution in [-0.4, -0.2) is 24.2 Å². The molecule has 1 aliphatic heterocycles. The summed E-state index contributed by atoms with van der Waals surface area (Å²) < 4.78 is 11.0. The highest BCUT2D eigenvalue weighted by Gasteiger charge is 2.15. The van der Waals surface area contributed by atoms with Gasteiger partial charge in [-0.1, -0.05) is 19.3 Å². The number of nitrogens with zero attached hydrogens (tertiary/aromatic N) is 1. The summed E-state index contributed by atoms with van der Waals surface area (Å²) in [5, 5.41) is 3.61. The predicted molar refractivity (Wildman–Crippen MR) is 68.9 cm³/mol. The van der Waals surface area contributed by atoms with E-state index >= 15 is 0 Å². The minimum Gasteiger partial charge on any atom is -0.484 e. The number of nitrogens with one attached hydrogen (secondary N) is 1. The van der Waals surface area contributed by atoms with Crippen LogP contribution in [-0.2, 0) is 6.54 Å². The Morgan fingerprint density at radius 1 is 1.17 bits per heavy atom. The summed E-state index contributed by atoms with van der Waals surface area (Å²) >= 11 is 0. The fourth-order valence-electron chi connectivity index (χ4n) is 2.64. The van der Waals surface area contributed by atoms with Gasteiger partial charge in [-0.3, -0.25) is 0 Å². The fourth-order valence-corrected chi connectivity index (χ4v) is 2.64. The van der Waals surface area contributed by atoms with Crippen molar-refractivity contribution in [2.45, 2.75) is 44.7 Å². The standard InChI is InChI=1S/C14H20N2O2/c1-2-4-12(5-3-1)15-9-11-8-13-14(16-10-11)18-7-6-17-13/h8,10,12,15H,1-7,9H2. The van der Waals surface area contributed by atoms with Gasteiger partial charge in [0.15, 0.2) is 5.75 Å². The quantitative estimate of drug-likeness (QED) is 0.891. The summed E-state index contributed by atoms with van der Waals surface area (Å²) in [5.41, 5.74) is 1.17. The van der Waals surface area contributed by atoms with Gasteiger partial charge in [-0.25, -0.2) is 4.98 Å². The second-order valence-corrected chi connectivity index (χ2v) is 5.06. The van der Waals surface area contributed by atoms with Gasteiger partial charge in [0.05, 0.1) is 0 Å². The van der Waals surface area contributed by atoms with E-state index in [0.717, 1.165) is 12.3 Å². The highest BCUT2D eigenvalue weighted by Crippen LogP contribution is 2.28. The molecule has 2 heterocycles. The largest absolute Gasteiger partial charge is 0.484 e. The monoisotopic (exact) mass is 248 g/mol. The van der Waals surface area contributed by atoms with Crippen LogP contribution in [0.1, 0.15) is 37.7 Å². The fraction of sp³-hybridized carbons (Fsp3) is 0.643. The van der Waals surface area contributed by atoms with Gasteiger partial charge in [0.25, 0.3) is 5.88 Å². The van der Waals surface area contributed by atoms with Crippen LogP contribution in [0.15, 0.2) is 12.3 Å². The van der Waals surface area contributed by atoms with E-state index in [2.05, 4.69) is 10.3 Å². The summed E-state index contributed by atoms with van der Waals surface area (Å²) in [6, 6.07) is 2.71. The van der Waals surface area contributed by atoms with Crippen molar-refractivity contribution < 1.29 is 9.47 Å². The van der Waals surface area contributed by atoms with Gasteiger partial charge >= 0.3 is 0 Å². The first kappa shape index (κ1) is 11.8. The van der Waals surface area contributed by atoms with Crippen LogP contribution in [0.2, 0.25) is 0 Å². The molecule has 98 valence electrons. The Kier molecular flexibility index (Phi) is 3.64. The van der Waals surface area contributed by atoms with Crippen molar-refractivity contribution in [3.05, 3.63) is 17.8 Å². The maximum absolute atomic E-state index is 5.54. The summed E-state index contributed by atoms with van der Waals surface area (Å²) in [7, 11) is 0. The van der Waals surface area contributed by atoms with Gasteiger partial charge in [-0.05, 0) is 24.5 Å². The average Bonchev–Trinajstić information content (AvgIpc) is 2.46. The van der Waals surface area contributed by atoms with Crippen LogP contribution in [0.5, 0.6) is 11.6 Å². The maximum atomic E-state index is 5.54. The molecule has 0 unspecified atom stereocenters. The van der Waals surface area contributed by atoms with E-state index in [1.165, 1.54) is 37.7 Å². The van der Waals surface area contributed by atoms with E-state index in [0.29, 0.717) is 25.1 Å². The Balaban J connectivity index is 1.58. The molecular formula is C14H20N2O2. The van der Waals surface area contributed by atoms with Gasteiger partial charge in [0.1, 0.15) is 13.2 Å². The van der Waals surface area contributed by atoms with Gasteiger partial charge in [-0.2, -0.15) is 0 Å². The van der Waals surface area contributed by atoms with Crippen LogP contribution >= 0.6 is 0 Å². The molecule has 4 nitrogen and oxygen atoms in total. The molecule has 0 radical (unpaired) electrons. The molecule has 2 aliphatic rings. The summed E-state index contributed by atoms with van der Waals surface area (Å²) in [5.74, 6) is 1.41. The molecule has 18 heavy (non-hydrogen) atoms. The van der Waals surface area contributed by atoms with E-state index in [1.807, 2.05) is 12.3 Å². The molecule has 0 aromatic carbocycles. The summed E-state index contributed by atoms with van der Waals surface area (Å²) in [4.78, 5) is 4.30. The molecule has 1 aromatic rings. The summed E-state index contributed by atoms with van der Waals surface area (Å²) in [6.45, 7) is 2.09. The number of pyridine rings is 1. The number of hydrogen-bond acceptors (Lipinski definition) is 4. The molecule has 1 fully saturated rings. The van der Waals surface area contributed by atoms with E-state index in [-0.39, 0.29) is 0 Å². The molecule has 3 rings (SSSR count). The molecule has 1 aromatic heterocycles. The molecule has 1 saturated carbocycles. The van der Waals surface area contributed by atoms with Crippen molar-refractivity contribution in [2.75, 3.05) is 13.2 Å². The van der Waals surface area contributed by atoms with Crippen LogP contribution in [0, 0.1) is 0 Å². The Morgan fingerprint density at radius 3 is 2.89 bits per heavy atom. The molecule has 1 N–H and O–H groups in total. The molecule has 0 atom stereocenters. The highest BCUT2D eigenvalue weighted by atomic mass is 16.6. The van der Waals surface area contributed by atoms with Gasteiger partial charge in [0, 0.05) is 18.8 Å². The lowest BCUT2D eigenvalue weighted by Crippen LogP contribution is -2.30. The molecule has 4 heteroatoms. The maximum Gasteiger partial charge on any atom is 0.257 e. The van der Waals surface area contributed by atoms with Crippen molar-refractivity contribution in [1.29, 1.82) is 0 Å². The van der Waals surface area contributed by atoms with Crippen molar-refractivity contribution in [1.82, 2.24) is 10.3 Å². The van der Waals surface area contributed by atoms with Crippen molar-refractivity contribution in [3.63, 3.8) is 0 Å². The Labute approximate surface area is 108 Å². The lowest BCUT2D eigenvalue weighted by Gasteiger charge is -2.23. The van der Waals surface area contributed by atoms with E-state index in [9.17, 15) is 0 Å². The first-order valence-corrected chi connectivity index (χ1v) is 6.90. The highest BCUT2D eigenvalue weighted by molar-refractivity contribution is 5.37. The normalized spacial score (nSPS) is 19.8. The Hall–Kier alpha value is -1.29. The number of rotatable bonds is 3. The Bertz CT molecular complexity index is 403. The zero-order valence-corrected chi connectivity index (χ0v) is 10.7. The van der Waals surface area contributed by atoms with E-state index in [4.69, 9.17) is 9.47 Å². The molecule has 0 amide bonds. The third-order valence-electron chi connectivity index (χ3n) is 3.65. The van der Waals surface area contributed by atoms with Gasteiger partial charge in [0.2, 0.25) is 0 Å². The van der Waals surface area contributed by atoms with Crippen molar-refractivity contribution in [3.8, 4) is 11.6 Å². The van der Waals surface area contributed by atoms with E-state index < -0.39 is 0 Å². The molecule has 0 spiro atoms. The van der Waals surface area contributed by atoms with Crippen LogP contribution in [0.3, 0.4) is 0 Å². The number of aromatic nitrogens is 1. The van der Waals surface area contributed by atoms with E-state index in [1.54, 1.807) is 0 Å². The minimum atomic E-state index is 0.597. The van der Waals surface area contributed by atoms with Gasteiger partial charge in [-0.15, -0.1) is 0 Å². The molecular weight excluding hydrogens is 228 g/mol. The smallest absolute Gasteiger partial charge is 0.257 e. The zero-order valence-electron chi connectivity index (χ0n) is 10.7. The number of fused-ring (bicyclic) bond motifs is 1. The topological polar surface area (TPSA) is 43.4 Å². The van der Waals surface area contributed by atoms with Crippen molar-refractivity contribution in [2.24, 2.45) is 0 Å². The average molecular weight is 248 g/mol. The van der Waals surface area contributed by atoms with Crippen LogP contribution < -0.4 is 14.8 Å². The van der Waals surface area contributed by atoms with Gasteiger partial charge < -0.3 is 14.8 Å². The predicted octanol–water partition coefficient (Wildman–Crippen LogP) is 2.28. The second-order valence-electron chi connectivity index (χ2n) is 5.06.